The van der Waals surface area contributed by atoms with Crippen LogP contribution in [0.5, 0.6) is 0 Å². The van der Waals surface area contributed by atoms with Crippen molar-refractivity contribution >= 4 is 50.3 Å². The maximum atomic E-state index is 12.1. The molecule has 6 heteroatoms. The molecule has 0 aromatic heterocycles. The topological polar surface area (TPSA) is 49.4 Å². The number of carbonyl (C=O) groups is 2. The molecule has 0 saturated carbocycles. The standard InChI is InChI=1S/C14H16BrIN2O2/c15-10-3-4-12(16)11(9-10)14(20)17-6-5-13(19)18-7-1-2-8-18/h3-4,9H,1-2,5-8H2,(H,17,20). The predicted molar refractivity (Wildman–Crippen MR) is 89.6 cm³/mol. The number of nitrogens with one attached hydrogen (secondary N) is 1. The molecule has 1 aromatic carbocycles. The molecule has 20 heavy (non-hydrogen) atoms. The Morgan fingerprint density at radius 1 is 1.30 bits per heavy atom. The van der Waals surface area contributed by atoms with Crippen molar-refractivity contribution in [2.24, 2.45) is 0 Å². The molecule has 1 heterocycles. The van der Waals surface area contributed by atoms with Gasteiger partial charge in [-0.1, -0.05) is 15.9 Å². The van der Waals surface area contributed by atoms with Crippen LogP contribution in [0, 0.1) is 3.57 Å². The third kappa shape index (κ3) is 4.18. The highest BCUT2D eigenvalue weighted by atomic mass is 127. The van der Waals surface area contributed by atoms with Crippen molar-refractivity contribution in [3.63, 3.8) is 0 Å². The largest absolute Gasteiger partial charge is 0.351 e. The smallest absolute Gasteiger partial charge is 0.252 e. The Morgan fingerprint density at radius 3 is 2.70 bits per heavy atom. The van der Waals surface area contributed by atoms with Crippen LogP contribution in [0.3, 0.4) is 0 Å². The first-order valence-corrected chi connectivity index (χ1v) is 8.46. The highest BCUT2D eigenvalue weighted by molar-refractivity contribution is 14.1. The van der Waals surface area contributed by atoms with Crippen LogP contribution in [0.2, 0.25) is 0 Å². The molecular weight excluding hydrogens is 435 g/mol. The molecule has 1 aromatic rings. The molecule has 4 nitrogen and oxygen atoms in total. The third-order valence-electron chi connectivity index (χ3n) is 3.26. The van der Waals surface area contributed by atoms with Crippen LogP contribution >= 0.6 is 38.5 Å². The highest BCUT2D eigenvalue weighted by Crippen LogP contribution is 2.18. The maximum Gasteiger partial charge on any atom is 0.252 e. The van der Waals surface area contributed by atoms with Gasteiger partial charge in [-0.2, -0.15) is 0 Å². The van der Waals surface area contributed by atoms with E-state index in [-0.39, 0.29) is 11.8 Å². The second-order valence-corrected chi connectivity index (χ2v) is 6.80. The Morgan fingerprint density at radius 2 is 2.00 bits per heavy atom. The molecule has 0 bridgehead atoms. The summed E-state index contributed by atoms with van der Waals surface area (Å²) in [4.78, 5) is 25.8. The van der Waals surface area contributed by atoms with Gasteiger partial charge in [0.05, 0.1) is 5.56 Å². The first kappa shape index (κ1) is 15.8. The molecule has 0 radical (unpaired) electrons. The van der Waals surface area contributed by atoms with Crippen LogP contribution in [0.25, 0.3) is 0 Å². The first-order valence-electron chi connectivity index (χ1n) is 6.59. The Balaban J connectivity index is 1.83. The number of nitrogens with zero attached hydrogens (tertiary/aromatic N) is 1. The SMILES string of the molecule is O=C(NCCC(=O)N1CCCC1)c1cc(Br)ccc1I. The van der Waals surface area contributed by atoms with Gasteiger partial charge in [0.25, 0.3) is 5.91 Å². The first-order chi connectivity index (χ1) is 9.58. The Kier molecular flexibility index (Phi) is 5.83. The normalized spacial score (nSPS) is 14.4. The second kappa shape index (κ2) is 7.40. The average molecular weight is 451 g/mol. The minimum atomic E-state index is -0.134. The molecule has 1 aliphatic rings. The van der Waals surface area contributed by atoms with Gasteiger partial charge in [0.2, 0.25) is 5.91 Å². The lowest BCUT2D eigenvalue weighted by molar-refractivity contribution is -0.129. The van der Waals surface area contributed by atoms with Crippen molar-refractivity contribution in [2.75, 3.05) is 19.6 Å². The number of hydrogen-bond acceptors (Lipinski definition) is 2. The molecule has 0 unspecified atom stereocenters. The summed E-state index contributed by atoms with van der Waals surface area (Å²) in [5.74, 6) is -0.00309. The quantitative estimate of drug-likeness (QED) is 0.717. The molecule has 0 aliphatic carbocycles. The minimum absolute atomic E-state index is 0.131. The molecule has 1 aliphatic heterocycles. The summed E-state index contributed by atoms with van der Waals surface area (Å²) < 4.78 is 1.77. The summed E-state index contributed by atoms with van der Waals surface area (Å²) in [6.07, 6.45) is 2.55. The number of halogens is 2. The Labute approximate surface area is 140 Å². The maximum absolute atomic E-state index is 12.1. The van der Waals surface area contributed by atoms with Crippen molar-refractivity contribution in [2.45, 2.75) is 19.3 Å². The zero-order valence-electron chi connectivity index (χ0n) is 11.0. The number of benzene rings is 1. The number of rotatable bonds is 4. The van der Waals surface area contributed by atoms with Crippen LogP contribution in [-0.4, -0.2) is 36.3 Å². The molecule has 108 valence electrons. The van der Waals surface area contributed by atoms with Gasteiger partial charge < -0.3 is 10.2 Å². The molecule has 2 rings (SSSR count). The monoisotopic (exact) mass is 450 g/mol. The fourth-order valence-electron chi connectivity index (χ4n) is 2.17. The van der Waals surface area contributed by atoms with Crippen LogP contribution in [0.15, 0.2) is 22.7 Å². The lowest BCUT2D eigenvalue weighted by atomic mass is 10.2. The van der Waals surface area contributed by atoms with Gasteiger partial charge in [-0.15, -0.1) is 0 Å². The van der Waals surface area contributed by atoms with Gasteiger partial charge in [-0.3, -0.25) is 9.59 Å². The molecule has 2 amide bonds. The summed E-state index contributed by atoms with van der Waals surface area (Å²) >= 11 is 5.49. The van der Waals surface area contributed by atoms with Crippen molar-refractivity contribution in [3.05, 3.63) is 31.8 Å². The van der Waals surface area contributed by atoms with E-state index in [0.29, 0.717) is 18.5 Å². The number of hydrogen-bond donors (Lipinski definition) is 1. The van der Waals surface area contributed by atoms with Crippen molar-refractivity contribution in [1.82, 2.24) is 10.2 Å². The van der Waals surface area contributed by atoms with E-state index in [1.54, 1.807) is 6.07 Å². The highest BCUT2D eigenvalue weighted by Gasteiger charge is 2.17. The minimum Gasteiger partial charge on any atom is -0.351 e. The lowest BCUT2D eigenvalue weighted by Crippen LogP contribution is -2.32. The summed E-state index contributed by atoms with van der Waals surface area (Å²) in [5, 5.41) is 2.81. The van der Waals surface area contributed by atoms with Gasteiger partial charge in [0.1, 0.15) is 0 Å². The second-order valence-electron chi connectivity index (χ2n) is 4.72. The van der Waals surface area contributed by atoms with Gasteiger partial charge in [0.15, 0.2) is 0 Å². The predicted octanol–water partition coefficient (Wildman–Crippen LogP) is 2.80. The number of amides is 2. The molecule has 0 atom stereocenters. The summed E-state index contributed by atoms with van der Waals surface area (Å²) in [5.41, 5.74) is 0.633. The zero-order chi connectivity index (χ0) is 14.5. The molecule has 1 N–H and O–H groups in total. The summed E-state index contributed by atoms with van der Waals surface area (Å²) in [7, 11) is 0. The van der Waals surface area contributed by atoms with E-state index in [4.69, 9.17) is 0 Å². The van der Waals surface area contributed by atoms with Crippen LogP contribution in [0.1, 0.15) is 29.6 Å². The van der Waals surface area contributed by atoms with E-state index >= 15 is 0 Å². The Bertz CT molecular complexity index is 516. The van der Waals surface area contributed by atoms with Gasteiger partial charge in [-0.05, 0) is 53.6 Å². The molecule has 0 spiro atoms. The van der Waals surface area contributed by atoms with E-state index < -0.39 is 0 Å². The zero-order valence-corrected chi connectivity index (χ0v) is 14.7. The van der Waals surface area contributed by atoms with E-state index in [1.165, 1.54) is 0 Å². The van der Waals surface area contributed by atoms with E-state index in [9.17, 15) is 9.59 Å². The average Bonchev–Trinajstić information content (AvgIpc) is 2.95. The van der Waals surface area contributed by atoms with Crippen LogP contribution in [-0.2, 0) is 4.79 Å². The van der Waals surface area contributed by atoms with Crippen LogP contribution in [0.4, 0.5) is 0 Å². The van der Waals surface area contributed by atoms with Crippen LogP contribution < -0.4 is 5.32 Å². The summed E-state index contributed by atoms with van der Waals surface area (Å²) in [6, 6.07) is 5.57. The van der Waals surface area contributed by atoms with Gasteiger partial charge in [-0.25, -0.2) is 0 Å². The summed E-state index contributed by atoms with van der Waals surface area (Å²) in [6.45, 7) is 2.10. The van der Waals surface area contributed by atoms with Crippen molar-refractivity contribution in [3.8, 4) is 0 Å². The third-order valence-corrected chi connectivity index (χ3v) is 4.69. The molecule has 1 fully saturated rings. The molecule has 1 saturated heterocycles. The van der Waals surface area contributed by atoms with Crippen molar-refractivity contribution in [1.29, 1.82) is 0 Å². The fraction of sp³-hybridized carbons (Fsp3) is 0.429. The molecular formula is C14H16BrIN2O2. The van der Waals surface area contributed by atoms with E-state index in [0.717, 1.165) is 34.0 Å². The van der Waals surface area contributed by atoms with Gasteiger partial charge in [0, 0.05) is 34.1 Å². The number of likely N-dealkylation sites (tertiary alicyclic amines) is 1. The Hall–Kier alpha value is -0.630. The van der Waals surface area contributed by atoms with E-state index in [2.05, 4.69) is 43.8 Å². The fourth-order valence-corrected chi connectivity index (χ4v) is 3.12. The van der Waals surface area contributed by atoms with E-state index in [1.807, 2.05) is 17.0 Å². The van der Waals surface area contributed by atoms with Crippen molar-refractivity contribution < 1.29 is 9.59 Å². The lowest BCUT2D eigenvalue weighted by Gasteiger charge is -2.15. The number of carbonyl (C=O) groups excluding carboxylic acids is 2. The van der Waals surface area contributed by atoms with Gasteiger partial charge >= 0.3 is 0 Å².